The Labute approximate surface area is 130 Å². The molecule has 0 saturated carbocycles. The Bertz CT molecular complexity index is 625. The van der Waals surface area contributed by atoms with Crippen molar-refractivity contribution in [1.29, 1.82) is 0 Å². The molecule has 0 aliphatic carbocycles. The number of alkyl halides is 1. The zero-order chi connectivity index (χ0) is 15.0. The molecule has 0 N–H and O–H groups in total. The number of nitrogens with zero attached hydrogens (tertiary/aromatic N) is 4. The Kier molecular flexibility index (Phi) is 4.22. The van der Waals surface area contributed by atoms with Crippen molar-refractivity contribution >= 4 is 22.8 Å². The molecule has 1 saturated heterocycles. The van der Waals surface area contributed by atoms with E-state index < -0.39 is 0 Å². The molecule has 1 aliphatic rings. The van der Waals surface area contributed by atoms with Crippen molar-refractivity contribution in [2.45, 2.75) is 52.1 Å². The van der Waals surface area contributed by atoms with E-state index in [1.165, 1.54) is 0 Å². The number of imidazole rings is 1. The summed E-state index contributed by atoms with van der Waals surface area (Å²) in [5.41, 5.74) is 3.08. The highest BCUT2D eigenvalue weighted by Crippen LogP contribution is 2.28. The molecular weight excluding hydrogens is 288 g/mol. The van der Waals surface area contributed by atoms with Crippen molar-refractivity contribution in [2.24, 2.45) is 5.92 Å². The van der Waals surface area contributed by atoms with E-state index in [0.717, 1.165) is 61.8 Å². The summed E-state index contributed by atoms with van der Waals surface area (Å²) in [6.07, 6.45) is 2.27. The minimum Gasteiger partial charge on any atom is -0.381 e. The highest BCUT2D eigenvalue weighted by Gasteiger charge is 2.22. The molecule has 2 atom stereocenters. The lowest BCUT2D eigenvalue weighted by Gasteiger charge is -2.14. The van der Waals surface area contributed by atoms with Crippen LogP contribution >= 0.6 is 11.6 Å². The summed E-state index contributed by atoms with van der Waals surface area (Å²) in [5.74, 6) is 1.60. The van der Waals surface area contributed by atoms with Gasteiger partial charge in [0, 0.05) is 26.3 Å². The van der Waals surface area contributed by atoms with Gasteiger partial charge in [0.15, 0.2) is 5.65 Å². The molecule has 1 fully saturated rings. The number of hydrogen-bond donors (Lipinski definition) is 0. The second-order valence-electron chi connectivity index (χ2n) is 5.83. The largest absolute Gasteiger partial charge is 0.381 e. The third-order valence-electron chi connectivity index (χ3n) is 4.27. The summed E-state index contributed by atoms with van der Waals surface area (Å²) < 4.78 is 9.76. The molecule has 0 spiro atoms. The fraction of sp³-hybridized carbons (Fsp3) is 0.733. The SMILES string of the molecule is CCn1nc(C)c2nc(C(C)Cl)n(CCC3CCOC3)c21. The van der Waals surface area contributed by atoms with Crippen LogP contribution in [0.5, 0.6) is 0 Å². The molecule has 2 aromatic rings. The van der Waals surface area contributed by atoms with Gasteiger partial charge in [-0.15, -0.1) is 11.6 Å². The van der Waals surface area contributed by atoms with E-state index in [9.17, 15) is 0 Å². The molecule has 1 aliphatic heterocycles. The smallest absolute Gasteiger partial charge is 0.158 e. The van der Waals surface area contributed by atoms with Crippen LogP contribution in [-0.4, -0.2) is 32.5 Å². The van der Waals surface area contributed by atoms with Gasteiger partial charge in [0.1, 0.15) is 11.3 Å². The van der Waals surface area contributed by atoms with E-state index in [1.54, 1.807) is 0 Å². The van der Waals surface area contributed by atoms with E-state index >= 15 is 0 Å². The van der Waals surface area contributed by atoms with Crippen molar-refractivity contribution in [2.75, 3.05) is 13.2 Å². The van der Waals surface area contributed by atoms with Crippen LogP contribution in [0.3, 0.4) is 0 Å². The van der Waals surface area contributed by atoms with E-state index in [-0.39, 0.29) is 5.38 Å². The van der Waals surface area contributed by atoms with Crippen LogP contribution in [0.4, 0.5) is 0 Å². The Balaban J connectivity index is 1.97. The van der Waals surface area contributed by atoms with Crippen LogP contribution in [0.2, 0.25) is 0 Å². The topological polar surface area (TPSA) is 44.9 Å². The number of aromatic nitrogens is 4. The lowest BCUT2D eigenvalue weighted by atomic mass is 10.1. The molecule has 0 aromatic carbocycles. The second-order valence-corrected chi connectivity index (χ2v) is 6.48. The number of fused-ring (bicyclic) bond motifs is 1. The highest BCUT2D eigenvalue weighted by atomic mass is 35.5. The Morgan fingerprint density at radius 2 is 2.29 bits per heavy atom. The van der Waals surface area contributed by atoms with Gasteiger partial charge in [0.05, 0.1) is 11.1 Å². The van der Waals surface area contributed by atoms with Gasteiger partial charge in [-0.05, 0) is 39.5 Å². The summed E-state index contributed by atoms with van der Waals surface area (Å²) in [5, 5.41) is 4.48. The number of rotatable bonds is 5. The van der Waals surface area contributed by atoms with E-state index in [1.807, 2.05) is 18.5 Å². The van der Waals surface area contributed by atoms with Crippen LogP contribution in [0.1, 0.15) is 43.6 Å². The minimum atomic E-state index is -0.0954. The molecule has 2 aromatic heterocycles. The zero-order valence-corrected chi connectivity index (χ0v) is 13.7. The van der Waals surface area contributed by atoms with Gasteiger partial charge in [-0.1, -0.05) is 0 Å². The van der Waals surface area contributed by atoms with Crippen molar-refractivity contribution in [3.8, 4) is 0 Å². The molecule has 0 bridgehead atoms. The van der Waals surface area contributed by atoms with Gasteiger partial charge in [-0.2, -0.15) is 5.10 Å². The zero-order valence-electron chi connectivity index (χ0n) is 13.0. The first-order chi connectivity index (χ1) is 10.1. The van der Waals surface area contributed by atoms with Gasteiger partial charge >= 0.3 is 0 Å². The predicted octanol–water partition coefficient (Wildman–Crippen LogP) is 3.29. The predicted molar refractivity (Wildman–Crippen MR) is 83.7 cm³/mol. The van der Waals surface area contributed by atoms with Crippen LogP contribution in [0.25, 0.3) is 11.2 Å². The van der Waals surface area contributed by atoms with Gasteiger partial charge < -0.3 is 9.30 Å². The summed E-state index contributed by atoms with van der Waals surface area (Å²) in [6, 6.07) is 0. The number of hydrogen-bond acceptors (Lipinski definition) is 3. The minimum absolute atomic E-state index is 0.0954. The maximum absolute atomic E-state index is 6.34. The Morgan fingerprint density at radius 1 is 1.48 bits per heavy atom. The van der Waals surface area contributed by atoms with Gasteiger partial charge in [-0.3, -0.25) is 0 Å². The van der Waals surface area contributed by atoms with Crippen LogP contribution in [0, 0.1) is 12.8 Å². The molecule has 0 radical (unpaired) electrons. The summed E-state index contributed by atoms with van der Waals surface area (Å²) in [4.78, 5) is 4.74. The van der Waals surface area contributed by atoms with E-state index in [0.29, 0.717) is 5.92 Å². The lowest BCUT2D eigenvalue weighted by Crippen LogP contribution is -2.12. The molecule has 116 valence electrons. The molecular formula is C15H23ClN4O. The molecule has 3 heterocycles. The van der Waals surface area contributed by atoms with Crippen LogP contribution in [-0.2, 0) is 17.8 Å². The number of halogens is 1. The number of ether oxygens (including phenoxy) is 1. The van der Waals surface area contributed by atoms with Crippen molar-refractivity contribution < 1.29 is 4.74 Å². The standard InChI is InChI=1S/C15H23ClN4O/c1-4-20-15-13(11(3)18-20)17-14(10(2)16)19(15)7-5-12-6-8-21-9-12/h10,12H,4-9H2,1-3H3. The average Bonchev–Trinajstić information content (AvgIpc) is 3.13. The van der Waals surface area contributed by atoms with Crippen molar-refractivity contribution in [1.82, 2.24) is 19.3 Å². The molecule has 21 heavy (non-hydrogen) atoms. The summed E-state index contributed by atoms with van der Waals surface area (Å²) >= 11 is 6.34. The molecule has 3 rings (SSSR count). The first-order valence-corrected chi connectivity index (χ1v) is 8.20. The molecule has 2 unspecified atom stereocenters. The van der Waals surface area contributed by atoms with Gasteiger partial charge in [-0.25, -0.2) is 9.67 Å². The Morgan fingerprint density at radius 3 is 2.90 bits per heavy atom. The third-order valence-corrected chi connectivity index (χ3v) is 4.46. The summed E-state index contributed by atoms with van der Waals surface area (Å²) in [6.45, 7) is 9.67. The lowest BCUT2D eigenvalue weighted by molar-refractivity contribution is 0.183. The maximum atomic E-state index is 6.34. The third kappa shape index (κ3) is 2.69. The highest BCUT2D eigenvalue weighted by molar-refractivity contribution is 6.20. The maximum Gasteiger partial charge on any atom is 0.158 e. The van der Waals surface area contributed by atoms with Crippen LogP contribution in [0.15, 0.2) is 0 Å². The van der Waals surface area contributed by atoms with Crippen molar-refractivity contribution in [3.05, 3.63) is 11.5 Å². The number of aryl methyl sites for hydroxylation is 3. The van der Waals surface area contributed by atoms with Crippen molar-refractivity contribution in [3.63, 3.8) is 0 Å². The first-order valence-electron chi connectivity index (χ1n) is 7.77. The normalized spacial score (nSPS) is 20.5. The monoisotopic (exact) mass is 310 g/mol. The summed E-state index contributed by atoms with van der Waals surface area (Å²) in [7, 11) is 0. The first kappa shape index (κ1) is 14.9. The molecule has 6 heteroatoms. The van der Waals surface area contributed by atoms with E-state index in [2.05, 4.69) is 16.6 Å². The fourth-order valence-corrected chi connectivity index (χ4v) is 3.28. The second kappa shape index (κ2) is 5.97. The Hall–Kier alpha value is -1.07. The van der Waals surface area contributed by atoms with Crippen LogP contribution < -0.4 is 0 Å². The average molecular weight is 311 g/mol. The van der Waals surface area contributed by atoms with E-state index in [4.69, 9.17) is 21.3 Å². The molecule has 0 amide bonds. The fourth-order valence-electron chi connectivity index (χ4n) is 3.11. The van der Waals surface area contributed by atoms with Gasteiger partial charge in [0.25, 0.3) is 0 Å². The quantitative estimate of drug-likeness (QED) is 0.796. The molecule has 5 nitrogen and oxygen atoms in total. The van der Waals surface area contributed by atoms with Gasteiger partial charge in [0.2, 0.25) is 0 Å².